The van der Waals surface area contributed by atoms with Crippen LogP contribution in [0, 0.1) is 10.1 Å². The number of phenols is 1. The minimum absolute atomic E-state index is 0.0105. The smallest absolute Gasteiger partial charge is 0.269 e. The maximum absolute atomic E-state index is 12.8. The Bertz CT molecular complexity index is 1260. The highest BCUT2D eigenvalue weighted by Crippen LogP contribution is 2.36. The molecule has 160 valence electrons. The summed E-state index contributed by atoms with van der Waals surface area (Å²) in [4.78, 5) is 23.3. The first-order valence-corrected chi connectivity index (χ1v) is 9.95. The second-order valence-corrected chi connectivity index (χ2v) is 7.17. The third-order valence-electron chi connectivity index (χ3n) is 5.09. The van der Waals surface area contributed by atoms with Gasteiger partial charge in [-0.3, -0.25) is 14.9 Å². The molecule has 2 N–H and O–H groups in total. The highest BCUT2D eigenvalue weighted by Gasteiger charge is 2.23. The molecule has 7 nitrogen and oxygen atoms in total. The number of hydrogen-bond acceptors (Lipinski definition) is 5. The molecule has 1 atom stereocenters. The molecule has 4 aromatic carbocycles. The molecule has 0 spiro atoms. The summed E-state index contributed by atoms with van der Waals surface area (Å²) in [7, 11) is 0. The summed E-state index contributed by atoms with van der Waals surface area (Å²) in [5, 5.41) is 26.3. The van der Waals surface area contributed by atoms with Gasteiger partial charge in [0, 0.05) is 17.7 Å². The van der Waals surface area contributed by atoms with Gasteiger partial charge in [-0.05, 0) is 46.7 Å². The molecular weight excluding hydrogens is 408 g/mol. The largest absolute Gasteiger partial charge is 0.508 e. The van der Waals surface area contributed by atoms with Gasteiger partial charge in [0.25, 0.3) is 11.6 Å². The van der Waals surface area contributed by atoms with E-state index < -0.39 is 16.9 Å². The summed E-state index contributed by atoms with van der Waals surface area (Å²) in [6.45, 7) is -0.223. The van der Waals surface area contributed by atoms with Gasteiger partial charge >= 0.3 is 0 Å². The first kappa shape index (κ1) is 20.9. The predicted octanol–water partition coefficient (Wildman–Crippen LogP) is 4.74. The van der Waals surface area contributed by atoms with Crippen LogP contribution in [0.25, 0.3) is 10.8 Å². The molecule has 0 aliphatic heterocycles. The highest BCUT2D eigenvalue weighted by atomic mass is 16.6. The molecule has 0 bridgehead atoms. The van der Waals surface area contributed by atoms with Crippen molar-refractivity contribution in [3.05, 3.63) is 112 Å². The van der Waals surface area contributed by atoms with Gasteiger partial charge in [0.1, 0.15) is 11.5 Å². The lowest BCUT2D eigenvalue weighted by molar-refractivity contribution is -0.384. The normalized spacial score (nSPS) is 11.6. The quantitative estimate of drug-likeness (QED) is 0.327. The van der Waals surface area contributed by atoms with E-state index in [1.165, 1.54) is 12.1 Å². The molecular formula is C25H20N2O5. The lowest BCUT2D eigenvalue weighted by Gasteiger charge is -2.22. The molecule has 0 heterocycles. The van der Waals surface area contributed by atoms with Crippen molar-refractivity contribution in [1.29, 1.82) is 0 Å². The van der Waals surface area contributed by atoms with Crippen molar-refractivity contribution in [1.82, 2.24) is 5.32 Å². The minimum atomic E-state index is -0.742. The van der Waals surface area contributed by atoms with Gasteiger partial charge in [-0.1, -0.05) is 48.5 Å². The predicted molar refractivity (Wildman–Crippen MR) is 121 cm³/mol. The van der Waals surface area contributed by atoms with Gasteiger partial charge in [0.05, 0.1) is 11.0 Å². The summed E-state index contributed by atoms with van der Waals surface area (Å²) < 4.78 is 5.54. The molecule has 0 aromatic heterocycles. The van der Waals surface area contributed by atoms with Crippen LogP contribution in [-0.2, 0) is 4.79 Å². The van der Waals surface area contributed by atoms with Gasteiger partial charge in [-0.2, -0.15) is 0 Å². The van der Waals surface area contributed by atoms with Crippen LogP contribution < -0.4 is 10.1 Å². The van der Waals surface area contributed by atoms with E-state index in [-0.39, 0.29) is 18.0 Å². The molecule has 32 heavy (non-hydrogen) atoms. The molecule has 4 aromatic rings. The van der Waals surface area contributed by atoms with Crippen LogP contribution in [0.5, 0.6) is 11.5 Å². The van der Waals surface area contributed by atoms with E-state index in [0.717, 1.165) is 10.8 Å². The molecule has 0 saturated carbocycles. The average Bonchev–Trinajstić information content (AvgIpc) is 2.82. The zero-order valence-corrected chi connectivity index (χ0v) is 17.0. The monoisotopic (exact) mass is 428 g/mol. The standard InChI is InChI=1S/C25H20N2O5/c28-22-15-12-17-6-4-5-9-21(17)24(22)25(18-10-13-19(14-11-18)27(30)31)26-23(29)16-32-20-7-2-1-3-8-20/h1-15,25,28H,16H2,(H,26,29)/t25-/m0/s1. The number of carbonyl (C=O) groups is 1. The summed E-state index contributed by atoms with van der Waals surface area (Å²) in [5.74, 6) is 0.170. The highest BCUT2D eigenvalue weighted by molar-refractivity contribution is 5.89. The van der Waals surface area contributed by atoms with Crippen LogP contribution >= 0.6 is 0 Å². The number of para-hydroxylation sites is 1. The van der Waals surface area contributed by atoms with Crippen molar-refractivity contribution < 1.29 is 19.6 Å². The zero-order valence-electron chi connectivity index (χ0n) is 17.0. The summed E-state index contributed by atoms with van der Waals surface area (Å²) in [6.07, 6.45) is 0. The fourth-order valence-electron chi connectivity index (χ4n) is 3.57. The maximum atomic E-state index is 12.8. The number of phenolic OH excluding ortho intramolecular Hbond substituents is 1. The Labute approximate surface area is 184 Å². The number of carbonyl (C=O) groups excluding carboxylic acids is 1. The van der Waals surface area contributed by atoms with Crippen LogP contribution in [0.1, 0.15) is 17.2 Å². The molecule has 0 unspecified atom stereocenters. The summed E-state index contributed by atoms with van der Waals surface area (Å²) >= 11 is 0. The molecule has 0 fully saturated rings. The van der Waals surface area contributed by atoms with E-state index >= 15 is 0 Å². The van der Waals surface area contributed by atoms with Crippen molar-refractivity contribution in [3.8, 4) is 11.5 Å². The Morgan fingerprint density at radius 1 is 0.938 bits per heavy atom. The minimum Gasteiger partial charge on any atom is -0.508 e. The number of benzene rings is 4. The topological polar surface area (TPSA) is 102 Å². The second kappa shape index (κ2) is 9.18. The van der Waals surface area contributed by atoms with Crippen LogP contribution in [0.15, 0.2) is 91.0 Å². The van der Waals surface area contributed by atoms with Crippen molar-refractivity contribution in [2.24, 2.45) is 0 Å². The van der Waals surface area contributed by atoms with E-state index in [2.05, 4.69) is 5.32 Å². The molecule has 0 saturated heterocycles. The molecule has 1 amide bonds. The van der Waals surface area contributed by atoms with Crippen LogP contribution in [0.4, 0.5) is 5.69 Å². The molecule has 7 heteroatoms. The average molecular weight is 428 g/mol. The Morgan fingerprint density at radius 2 is 1.62 bits per heavy atom. The second-order valence-electron chi connectivity index (χ2n) is 7.17. The Balaban J connectivity index is 1.70. The number of rotatable bonds is 7. The first-order valence-electron chi connectivity index (χ1n) is 9.95. The fourth-order valence-corrected chi connectivity index (χ4v) is 3.57. The fraction of sp³-hybridized carbons (Fsp3) is 0.0800. The van der Waals surface area contributed by atoms with Crippen molar-refractivity contribution in [2.75, 3.05) is 6.61 Å². The number of non-ortho nitro benzene ring substituents is 1. The van der Waals surface area contributed by atoms with Gasteiger partial charge in [0.15, 0.2) is 6.61 Å². The molecule has 0 radical (unpaired) electrons. The maximum Gasteiger partial charge on any atom is 0.269 e. The third kappa shape index (κ3) is 4.52. The number of amides is 1. The van der Waals surface area contributed by atoms with Crippen LogP contribution in [-0.4, -0.2) is 22.5 Å². The van der Waals surface area contributed by atoms with Crippen molar-refractivity contribution in [3.63, 3.8) is 0 Å². The SMILES string of the molecule is O=C(COc1ccccc1)N[C@@H](c1ccc([N+](=O)[O-])cc1)c1c(O)ccc2ccccc12. The van der Waals surface area contributed by atoms with Gasteiger partial charge in [-0.15, -0.1) is 0 Å². The van der Waals surface area contributed by atoms with Crippen molar-refractivity contribution >= 4 is 22.4 Å². The van der Waals surface area contributed by atoms with E-state index in [9.17, 15) is 20.0 Å². The van der Waals surface area contributed by atoms with Crippen molar-refractivity contribution in [2.45, 2.75) is 6.04 Å². The number of nitrogens with one attached hydrogen (secondary N) is 1. The first-order chi connectivity index (χ1) is 15.5. The number of aromatic hydroxyl groups is 1. The lowest BCUT2D eigenvalue weighted by Crippen LogP contribution is -2.33. The Kier molecular flexibility index (Phi) is 5.98. The third-order valence-corrected chi connectivity index (χ3v) is 5.09. The molecule has 0 aliphatic rings. The Hall–Kier alpha value is -4.39. The zero-order chi connectivity index (χ0) is 22.5. The summed E-state index contributed by atoms with van der Waals surface area (Å²) in [5.41, 5.74) is 1.04. The Morgan fingerprint density at radius 3 is 2.34 bits per heavy atom. The summed E-state index contributed by atoms with van der Waals surface area (Å²) in [6, 6.07) is 25.0. The molecule has 0 aliphatic carbocycles. The molecule has 4 rings (SSSR count). The lowest BCUT2D eigenvalue weighted by atomic mass is 9.92. The van der Waals surface area contributed by atoms with E-state index in [0.29, 0.717) is 16.9 Å². The van der Waals surface area contributed by atoms with E-state index in [1.807, 2.05) is 30.3 Å². The van der Waals surface area contributed by atoms with E-state index in [1.54, 1.807) is 48.5 Å². The van der Waals surface area contributed by atoms with Gasteiger partial charge < -0.3 is 15.2 Å². The number of fused-ring (bicyclic) bond motifs is 1. The van der Waals surface area contributed by atoms with Crippen LogP contribution in [0.2, 0.25) is 0 Å². The van der Waals surface area contributed by atoms with Gasteiger partial charge in [-0.25, -0.2) is 0 Å². The van der Waals surface area contributed by atoms with Gasteiger partial charge in [0.2, 0.25) is 0 Å². The number of hydrogen-bond donors (Lipinski definition) is 2. The number of nitrogens with zero attached hydrogens (tertiary/aromatic N) is 1. The number of nitro benzene ring substituents is 1. The number of ether oxygens (including phenoxy) is 1. The number of nitro groups is 1. The van der Waals surface area contributed by atoms with E-state index in [4.69, 9.17) is 4.74 Å². The van der Waals surface area contributed by atoms with Crippen LogP contribution in [0.3, 0.4) is 0 Å².